The molecule has 67 heavy (non-hydrogen) atoms. The van der Waals surface area contributed by atoms with Crippen molar-refractivity contribution in [3.8, 4) is 0 Å². The Morgan fingerprint density at radius 1 is 0.597 bits per heavy atom. The lowest BCUT2D eigenvalue weighted by Gasteiger charge is -2.15. The number of aliphatic hydroxyl groups excluding tert-OH is 2. The van der Waals surface area contributed by atoms with Crippen molar-refractivity contribution in [2.45, 2.75) is 26.4 Å². The van der Waals surface area contributed by atoms with Gasteiger partial charge >= 0.3 is 42.5 Å². The first-order valence-electron chi connectivity index (χ1n) is 11.9. The predicted molar refractivity (Wildman–Crippen MR) is 176 cm³/mol. The minimum atomic E-state index is -2.75. The monoisotopic (exact) mass is 1020 g/mol. The van der Waals surface area contributed by atoms with Crippen LogP contribution < -0.4 is 10.6 Å². The van der Waals surface area contributed by atoms with Crippen LogP contribution in [-0.4, -0.2) is 159 Å². The van der Waals surface area contributed by atoms with Crippen LogP contribution in [0.1, 0.15) is 11.7 Å². The highest BCUT2D eigenvalue weighted by Crippen LogP contribution is 1.97. The number of hydrogen-bond acceptors (Lipinski definition) is 39. The summed E-state index contributed by atoms with van der Waals surface area (Å²) in [5.41, 5.74) is 11.2. The summed E-state index contributed by atoms with van der Waals surface area (Å²) in [4.78, 5) is 44.4. The molecule has 0 spiro atoms. The molecule has 0 radical (unpaired) electrons. The average Bonchev–Trinajstić information content (AvgIpc) is 3.35. The van der Waals surface area contributed by atoms with Gasteiger partial charge in [0.05, 0.1) is 6.61 Å². The molecule has 0 aliphatic rings. The van der Waals surface area contributed by atoms with E-state index in [4.69, 9.17) is 75.9 Å². The Morgan fingerprint density at radius 3 is 0.910 bits per heavy atom. The van der Waals surface area contributed by atoms with Gasteiger partial charge in [-0.3, -0.25) is 20.3 Å². The Hall–Kier alpha value is -11.1. The van der Waals surface area contributed by atoms with Crippen molar-refractivity contribution in [3.05, 3.63) is 88.2 Å². The van der Waals surface area contributed by atoms with Crippen LogP contribution >= 0.6 is 0 Å². The number of nitroso groups, excluding NO2 is 1. The molecule has 0 saturated heterocycles. The van der Waals surface area contributed by atoms with Gasteiger partial charge < -0.3 is 130 Å². The molecule has 0 fully saturated rings. The Morgan fingerprint density at radius 2 is 0.821 bits per heavy atom. The molecule has 57 nitrogen and oxygen atoms in total. The summed E-state index contributed by atoms with van der Waals surface area (Å²) in [5.74, 6) is 0. The number of amides is 4. The van der Waals surface area contributed by atoms with Crippen LogP contribution in [0.25, 0.3) is 0 Å². The van der Waals surface area contributed by atoms with Crippen LogP contribution in [0, 0.1) is 99.3 Å². The molecule has 0 aromatic heterocycles. The summed E-state index contributed by atoms with van der Waals surface area (Å²) < 4.78 is 0. The van der Waals surface area contributed by atoms with Crippen molar-refractivity contribution in [2.24, 2.45) is 58.1 Å². The number of rotatable bonds is 12. The first-order valence-corrected chi connectivity index (χ1v) is 11.9. The molecule has 0 aromatic carbocycles. The summed E-state index contributed by atoms with van der Waals surface area (Å²) in [7, 11) is 0. The topological polar surface area (TPSA) is 948 Å². The summed E-state index contributed by atoms with van der Waals surface area (Å²) in [5, 5.41) is 241. The highest BCUT2D eigenvalue weighted by Gasteiger charge is 2.37. The fourth-order valence-corrected chi connectivity index (χ4v) is 0.777. The van der Waals surface area contributed by atoms with E-state index in [0.29, 0.717) is 6.29 Å². The van der Waals surface area contributed by atoms with E-state index in [1.807, 2.05) is 21.1 Å². The van der Waals surface area contributed by atoms with Gasteiger partial charge in [-0.15, -0.1) is 5.53 Å². The maximum Gasteiger partial charge on any atom is 1.00 e. The maximum absolute atomic E-state index is 10.3. The average molecular weight is 1020 g/mol. The lowest BCUT2D eigenvalue weighted by molar-refractivity contribution is -0.945. The zero-order chi connectivity index (χ0) is 53.2. The quantitative estimate of drug-likeness (QED) is 0.0127. The Bertz CT molecular complexity index is 1360. The van der Waals surface area contributed by atoms with Gasteiger partial charge in [-0.1, -0.05) is 13.0 Å². The Kier molecular flexibility index (Phi) is 103. The summed E-state index contributed by atoms with van der Waals surface area (Å²) >= 11 is 0. The van der Waals surface area contributed by atoms with Crippen LogP contribution in [0.15, 0.2) is 58.1 Å². The molecule has 0 aliphatic heterocycles. The van der Waals surface area contributed by atoms with Crippen molar-refractivity contribution in [2.75, 3.05) is 6.61 Å². The number of hydroxylamine groups is 11. The smallest absolute Gasteiger partial charge is 0.739 e. The number of aliphatic hydroxyl groups is 2. The van der Waals surface area contributed by atoms with E-state index in [0.717, 1.165) is 0 Å². The first-order chi connectivity index (χ1) is 30.0. The Labute approximate surface area is 363 Å². The molecule has 0 atom stereocenters. The Balaban J connectivity index is -0.0000000340. The zero-order valence-corrected chi connectivity index (χ0v) is 30.2. The fourth-order valence-electron chi connectivity index (χ4n) is 0.777. The van der Waals surface area contributed by atoms with Gasteiger partial charge in [0.2, 0.25) is 27.1 Å². The molecule has 0 aliphatic carbocycles. The van der Waals surface area contributed by atoms with Gasteiger partial charge in [0.1, 0.15) is 6.29 Å². The van der Waals surface area contributed by atoms with Crippen molar-refractivity contribution < 1.29 is 134 Å². The number of nitrogens with zero attached hydrogens (tertiary/aromatic N) is 21. The maximum atomic E-state index is 10.3. The number of carbonyl (C=O) groups excluding carboxylic acids is 5. The van der Waals surface area contributed by atoms with E-state index in [9.17, 15) is 88.4 Å². The summed E-state index contributed by atoms with van der Waals surface area (Å²) in [6, 6.07) is 0. The lowest BCUT2D eigenvalue weighted by Crippen LogP contribution is -2.41. The third kappa shape index (κ3) is 76.2. The van der Waals surface area contributed by atoms with Crippen molar-refractivity contribution in [3.63, 3.8) is 0 Å². The largest absolute Gasteiger partial charge is 1.00 e. The molecule has 16 N–H and O–H groups in total. The number of carbonyl (C=O) groups is 5. The number of aldehydes is 1. The predicted octanol–water partition coefficient (Wildman–Crippen LogP) is -6.63. The number of hydrogen-bond donors (Lipinski definition) is 10. The molecular weight excluding hydrogens is 984 g/mol. The van der Waals surface area contributed by atoms with Gasteiger partial charge in [-0.25, -0.2) is 19.9 Å². The van der Waals surface area contributed by atoms with Gasteiger partial charge in [-0.2, -0.15) is 4.91 Å². The SMILES string of the molecule is C.N=N[OH2+].N=O.O.O.O=C/[N+]([O-])=N/O.O=CCO.O=CNO.O=C[N+](O)=NO.O=C[N+]([O-])=NO.[H+].[H+].[H+].[O-]/N=[N+](\[O-])C(/[N+]([O-])=N/[O-])/[N+]([O-])=N/[O-].[O-]/N=[N+](\[O-])C(O)/[N+]([O-])=N/[O-].[O-]/N=[N+](\[O-])C([O-])/[N+]([O-])=N/[O-]. The highest BCUT2D eigenvalue weighted by atomic mass is 16.7. The van der Waals surface area contributed by atoms with E-state index in [-0.39, 0.29) is 59.8 Å². The van der Waals surface area contributed by atoms with Crippen LogP contribution in [0.5, 0.6) is 0 Å². The van der Waals surface area contributed by atoms with Crippen LogP contribution in [0.2, 0.25) is 0 Å². The zero-order valence-electron chi connectivity index (χ0n) is 33.2. The standard InChI is InChI=1S/C2H4O2.CH4N6O6.CH4N4O5.CH3N4O5.3CH2N2O3.CH3NO2.CH4.H2N2O.HNO.2H2O/c3-1-2-4;8-2-5(11)1(6(12)3-9)7(13)4-10;2*6-1(4(9)2-7)5(10)3-8;3*4-1-3(6)2-5;3-1-2-4;;1-2-3;1-2;;/h1,4H,2H2;1,8-10H;1,6-8H;1,7-8H;1,6H;2*1,5H;1,4H,(H,2,3);1H4;(H2,1,3);1H;2*1H2/q;;;-1;;;;;;;;;/p-2/b;5-2-,6-3-,7-4-;2*4-2-,5-3-;;3-2-;;;;;;;. The van der Waals surface area contributed by atoms with Gasteiger partial charge in [-0.05, 0) is 46.7 Å². The van der Waals surface area contributed by atoms with Crippen LogP contribution in [0.4, 0.5) is 0 Å². The second-order valence-electron chi connectivity index (χ2n) is 5.93. The lowest BCUT2D eigenvalue weighted by atomic mass is 10.9. The molecule has 0 bridgehead atoms. The van der Waals surface area contributed by atoms with Crippen molar-refractivity contribution in [1.82, 2.24) is 5.48 Å². The van der Waals surface area contributed by atoms with Crippen LogP contribution in [0.3, 0.4) is 0 Å². The third-order valence-corrected chi connectivity index (χ3v) is 2.60. The molecular formula is C10H33N24O33-3. The number of nitrogens with one attached hydrogen (secondary N) is 3. The molecule has 0 heterocycles. The molecule has 0 aromatic rings. The van der Waals surface area contributed by atoms with Gasteiger partial charge in [0.25, 0.3) is 0 Å². The van der Waals surface area contributed by atoms with E-state index in [2.05, 4.69) is 5.59 Å². The molecule has 0 unspecified atom stereocenters. The van der Waals surface area contributed by atoms with E-state index < -0.39 is 62.7 Å². The van der Waals surface area contributed by atoms with E-state index in [1.54, 1.807) is 26.4 Å². The summed E-state index contributed by atoms with van der Waals surface area (Å²) in [6.07, 6.45) is -7.71. The molecule has 4 amide bonds. The second-order valence-corrected chi connectivity index (χ2v) is 5.93. The van der Waals surface area contributed by atoms with Crippen molar-refractivity contribution in [1.29, 1.82) is 11.1 Å². The van der Waals surface area contributed by atoms with Crippen molar-refractivity contribution >= 4 is 31.9 Å². The molecule has 0 rings (SSSR count). The van der Waals surface area contributed by atoms with Gasteiger partial charge in [0, 0.05) is 34.0 Å². The second kappa shape index (κ2) is 75.7. The van der Waals surface area contributed by atoms with Crippen LogP contribution in [-0.2, 0) is 24.0 Å². The molecule has 0 saturated carbocycles. The van der Waals surface area contributed by atoms with Gasteiger partial charge in [0.15, 0.2) is 5.28 Å². The minimum absolute atomic E-state index is 0. The molecule has 57 heteroatoms. The third-order valence-electron chi connectivity index (χ3n) is 2.60. The summed E-state index contributed by atoms with van der Waals surface area (Å²) in [6.45, 7) is -0.361. The first kappa shape index (κ1) is 91.6. The fraction of sp³-hybridized carbons (Fsp3) is 0.500. The van der Waals surface area contributed by atoms with E-state index in [1.165, 1.54) is 16.0 Å². The normalized spacial score (nSPS) is 11.8. The highest BCUT2D eigenvalue weighted by molar-refractivity contribution is 5.49. The van der Waals surface area contributed by atoms with E-state index >= 15 is 0 Å². The molecule has 394 valence electrons. The minimum Gasteiger partial charge on any atom is -0.739 e.